The van der Waals surface area contributed by atoms with Crippen molar-refractivity contribution >= 4 is 11.6 Å². The van der Waals surface area contributed by atoms with E-state index >= 15 is 0 Å². The molecule has 4 heterocycles. The van der Waals surface area contributed by atoms with Gasteiger partial charge in [-0.15, -0.1) is 0 Å². The van der Waals surface area contributed by atoms with Crippen LogP contribution >= 0.6 is 0 Å². The van der Waals surface area contributed by atoms with Gasteiger partial charge in [0.2, 0.25) is 5.91 Å². The van der Waals surface area contributed by atoms with E-state index in [1.165, 1.54) is 15.9 Å². The summed E-state index contributed by atoms with van der Waals surface area (Å²) in [7, 11) is 0. The SMILES string of the molecule is O=C([C@H]1CC[C@H](Cc2cc(F)c3ncnn3c2)CC1)N1OCC[C@H]1c1cnccn1. The van der Waals surface area contributed by atoms with Crippen LogP contribution in [0.3, 0.4) is 0 Å². The van der Waals surface area contributed by atoms with Crippen molar-refractivity contribution < 1.29 is 14.0 Å². The average molecular weight is 410 g/mol. The summed E-state index contributed by atoms with van der Waals surface area (Å²) in [6, 6.07) is 1.38. The largest absolute Gasteiger partial charge is 0.272 e. The normalized spacial score (nSPS) is 24.4. The molecule has 0 aromatic carbocycles. The molecule has 0 spiro atoms. The minimum absolute atomic E-state index is 0.0386. The third kappa shape index (κ3) is 3.65. The van der Waals surface area contributed by atoms with Crippen molar-refractivity contribution in [2.45, 2.75) is 44.6 Å². The minimum atomic E-state index is -0.352. The molecule has 0 unspecified atom stereocenters. The molecule has 2 aliphatic rings. The number of amides is 1. The summed E-state index contributed by atoms with van der Waals surface area (Å²) in [4.78, 5) is 31.1. The van der Waals surface area contributed by atoms with Crippen LogP contribution in [0, 0.1) is 17.7 Å². The van der Waals surface area contributed by atoms with Crippen LogP contribution in [-0.4, -0.2) is 42.1 Å². The van der Waals surface area contributed by atoms with E-state index in [-0.39, 0.29) is 29.3 Å². The predicted molar refractivity (Wildman–Crippen MR) is 104 cm³/mol. The number of halogens is 1. The van der Waals surface area contributed by atoms with Gasteiger partial charge in [0.25, 0.3) is 0 Å². The van der Waals surface area contributed by atoms with Crippen molar-refractivity contribution in [3.05, 3.63) is 54.3 Å². The standard InChI is InChI=1S/C21H23FN6O2/c22-17-10-15(12-27-20(17)25-13-26-27)9-14-1-3-16(4-2-14)21(29)28-19(5-8-30-28)18-11-23-6-7-24-18/h6-7,10-14,16,19H,1-5,8-9H2/t14-,16-,19-/m0/s1. The van der Waals surface area contributed by atoms with Crippen molar-refractivity contribution in [1.29, 1.82) is 0 Å². The maximum absolute atomic E-state index is 14.2. The number of hydrogen-bond donors (Lipinski definition) is 0. The Hall–Kier alpha value is -2.94. The number of carbonyl (C=O) groups excluding carboxylic acids is 1. The maximum atomic E-state index is 14.2. The zero-order chi connectivity index (χ0) is 20.5. The first-order valence-electron chi connectivity index (χ1n) is 10.4. The van der Waals surface area contributed by atoms with Gasteiger partial charge in [0, 0.05) is 30.9 Å². The van der Waals surface area contributed by atoms with E-state index in [9.17, 15) is 9.18 Å². The van der Waals surface area contributed by atoms with Gasteiger partial charge in [-0.25, -0.2) is 19.0 Å². The number of pyridine rings is 1. The number of hydrogen-bond acceptors (Lipinski definition) is 6. The average Bonchev–Trinajstić information content (AvgIpc) is 3.44. The fourth-order valence-corrected chi connectivity index (χ4v) is 4.61. The van der Waals surface area contributed by atoms with Crippen molar-refractivity contribution in [3.8, 4) is 0 Å². The van der Waals surface area contributed by atoms with Gasteiger partial charge in [0.05, 0.1) is 18.5 Å². The van der Waals surface area contributed by atoms with Gasteiger partial charge in [0.15, 0.2) is 11.5 Å². The summed E-state index contributed by atoms with van der Waals surface area (Å²) < 4.78 is 15.6. The fraction of sp³-hybridized carbons (Fsp3) is 0.476. The number of rotatable bonds is 4. The van der Waals surface area contributed by atoms with E-state index in [0.29, 0.717) is 12.5 Å². The van der Waals surface area contributed by atoms with Crippen LogP contribution < -0.4 is 0 Å². The van der Waals surface area contributed by atoms with Gasteiger partial charge >= 0.3 is 0 Å². The van der Waals surface area contributed by atoms with Gasteiger partial charge in [-0.1, -0.05) is 0 Å². The fourth-order valence-electron chi connectivity index (χ4n) is 4.61. The lowest BCUT2D eigenvalue weighted by Gasteiger charge is -2.31. The number of fused-ring (bicyclic) bond motifs is 1. The molecule has 3 aromatic rings. The summed E-state index contributed by atoms with van der Waals surface area (Å²) >= 11 is 0. The molecule has 3 aromatic heterocycles. The predicted octanol–water partition coefficient (Wildman–Crippen LogP) is 2.91. The molecule has 1 amide bonds. The zero-order valence-corrected chi connectivity index (χ0v) is 16.5. The Balaban J connectivity index is 1.20. The molecule has 1 atom stereocenters. The second kappa shape index (κ2) is 8.06. The van der Waals surface area contributed by atoms with Crippen LogP contribution in [0.5, 0.6) is 0 Å². The molecule has 0 N–H and O–H groups in total. The van der Waals surface area contributed by atoms with Crippen molar-refractivity contribution in [2.24, 2.45) is 11.8 Å². The Bertz CT molecular complexity index is 1030. The molecule has 0 bridgehead atoms. The summed E-state index contributed by atoms with van der Waals surface area (Å²) in [6.45, 7) is 0.513. The molecule has 5 rings (SSSR count). The van der Waals surface area contributed by atoms with Gasteiger partial charge in [-0.05, 0) is 49.7 Å². The maximum Gasteiger partial charge on any atom is 0.249 e. The lowest BCUT2D eigenvalue weighted by molar-refractivity contribution is -0.183. The molecule has 1 saturated carbocycles. The van der Waals surface area contributed by atoms with Crippen molar-refractivity contribution in [3.63, 3.8) is 0 Å². The number of aromatic nitrogens is 5. The van der Waals surface area contributed by atoms with Gasteiger partial charge < -0.3 is 0 Å². The lowest BCUT2D eigenvalue weighted by Crippen LogP contribution is -2.37. The summed E-state index contributed by atoms with van der Waals surface area (Å²) in [6.07, 6.45) is 13.1. The second-order valence-corrected chi connectivity index (χ2v) is 8.08. The summed E-state index contributed by atoms with van der Waals surface area (Å²) in [5, 5.41) is 5.55. The first-order chi connectivity index (χ1) is 14.7. The quantitative estimate of drug-likeness (QED) is 0.657. The zero-order valence-electron chi connectivity index (χ0n) is 16.5. The molecule has 156 valence electrons. The summed E-state index contributed by atoms with van der Waals surface area (Å²) in [5.41, 5.74) is 1.92. The molecule has 1 aliphatic heterocycles. The Morgan fingerprint density at radius 2 is 2.03 bits per heavy atom. The molecule has 0 radical (unpaired) electrons. The highest BCUT2D eigenvalue weighted by atomic mass is 19.1. The monoisotopic (exact) mass is 410 g/mol. The van der Waals surface area contributed by atoms with Crippen LogP contribution in [0.2, 0.25) is 0 Å². The Morgan fingerprint density at radius 1 is 1.17 bits per heavy atom. The van der Waals surface area contributed by atoms with Crippen LogP contribution in [0.1, 0.15) is 49.4 Å². The Labute approximate surface area is 173 Å². The molecular formula is C21H23FN6O2. The van der Waals surface area contributed by atoms with Crippen LogP contribution in [-0.2, 0) is 16.1 Å². The van der Waals surface area contributed by atoms with Gasteiger partial charge in [-0.3, -0.25) is 19.6 Å². The van der Waals surface area contributed by atoms with E-state index in [4.69, 9.17) is 4.84 Å². The minimum Gasteiger partial charge on any atom is -0.272 e. The molecule has 8 nitrogen and oxygen atoms in total. The van der Waals surface area contributed by atoms with E-state index in [0.717, 1.165) is 49.8 Å². The molecule has 2 fully saturated rings. The highest BCUT2D eigenvalue weighted by molar-refractivity contribution is 5.78. The molecule has 1 saturated heterocycles. The number of carbonyl (C=O) groups is 1. The van der Waals surface area contributed by atoms with E-state index in [1.54, 1.807) is 24.7 Å². The van der Waals surface area contributed by atoms with Crippen LogP contribution in [0.25, 0.3) is 5.65 Å². The number of nitrogens with zero attached hydrogens (tertiary/aromatic N) is 6. The molecule has 1 aliphatic carbocycles. The van der Waals surface area contributed by atoms with E-state index in [2.05, 4.69) is 20.1 Å². The molecule has 30 heavy (non-hydrogen) atoms. The van der Waals surface area contributed by atoms with Crippen molar-refractivity contribution in [2.75, 3.05) is 6.61 Å². The highest BCUT2D eigenvalue weighted by Crippen LogP contribution is 2.36. The van der Waals surface area contributed by atoms with Gasteiger partial charge in [0.1, 0.15) is 12.4 Å². The lowest BCUT2D eigenvalue weighted by atomic mass is 9.79. The first-order valence-corrected chi connectivity index (χ1v) is 10.4. The first kappa shape index (κ1) is 19.0. The highest BCUT2D eigenvalue weighted by Gasteiger charge is 2.37. The smallest absolute Gasteiger partial charge is 0.249 e. The molecule has 9 heteroatoms. The number of hydroxylamine groups is 2. The van der Waals surface area contributed by atoms with Crippen LogP contribution in [0.15, 0.2) is 37.2 Å². The summed E-state index contributed by atoms with van der Waals surface area (Å²) in [5.74, 6) is 0.0598. The van der Waals surface area contributed by atoms with Crippen LogP contribution in [0.4, 0.5) is 4.39 Å². The Kier molecular flexibility index (Phi) is 5.12. The van der Waals surface area contributed by atoms with E-state index in [1.807, 2.05) is 6.20 Å². The van der Waals surface area contributed by atoms with Gasteiger partial charge in [-0.2, -0.15) is 5.10 Å². The molecular weight excluding hydrogens is 387 g/mol. The topological polar surface area (TPSA) is 85.5 Å². The van der Waals surface area contributed by atoms with E-state index < -0.39 is 0 Å². The third-order valence-electron chi connectivity index (χ3n) is 6.15. The van der Waals surface area contributed by atoms with Crippen molar-refractivity contribution in [1.82, 2.24) is 29.6 Å². The third-order valence-corrected chi connectivity index (χ3v) is 6.15. The second-order valence-electron chi connectivity index (χ2n) is 8.08. The Morgan fingerprint density at radius 3 is 2.83 bits per heavy atom.